The number of alkyl halides is 3. The third-order valence-electron chi connectivity index (χ3n) is 2.80. The normalized spacial score (nSPS) is 25.3. The summed E-state index contributed by atoms with van der Waals surface area (Å²) < 4.78 is 36.6. The van der Waals surface area contributed by atoms with Crippen LogP contribution in [0.5, 0.6) is 0 Å². The van der Waals surface area contributed by atoms with Gasteiger partial charge in [0.2, 0.25) is 0 Å². The van der Waals surface area contributed by atoms with Gasteiger partial charge in [0.15, 0.2) is 0 Å². The molecule has 2 unspecified atom stereocenters. The Labute approximate surface area is 85.5 Å². The maximum atomic E-state index is 12.2. The third kappa shape index (κ3) is 2.15. The fraction of sp³-hybridized carbons (Fsp3) is 0.455. The van der Waals surface area contributed by atoms with Crippen LogP contribution in [0.15, 0.2) is 24.3 Å². The highest BCUT2D eigenvalue weighted by atomic mass is 19.4. The first kappa shape index (κ1) is 10.5. The zero-order chi connectivity index (χ0) is 11.1. The zero-order valence-corrected chi connectivity index (χ0v) is 7.96. The summed E-state index contributed by atoms with van der Waals surface area (Å²) in [5.41, 5.74) is 1.48. The maximum absolute atomic E-state index is 12.2. The monoisotopic (exact) mass is 216 g/mol. The standard InChI is InChI=1S/C11H11F3O/c12-11(13,14)6-8-5-7-3-1-2-4-9(7)10(8)15/h1-4,8,10,15H,5-6H2. The Morgan fingerprint density at radius 2 is 1.93 bits per heavy atom. The van der Waals surface area contributed by atoms with E-state index in [0.29, 0.717) is 12.0 Å². The summed E-state index contributed by atoms with van der Waals surface area (Å²) in [6.07, 6.45) is -5.77. The molecule has 0 aromatic heterocycles. The Kier molecular flexibility index (Phi) is 2.46. The lowest BCUT2D eigenvalue weighted by Crippen LogP contribution is -2.18. The molecule has 0 amide bonds. The molecule has 82 valence electrons. The summed E-state index contributed by atoms with van der Waals surface area (Å²) in [4.78, 5) is 0. The third-order valence-corrected chi connectivity index (χ3v) is 2.80. The summed E-state index contributed by atoms with van der Waals surface area (Å²) in [5, 5.41) is 9.70. The molecule has 1 aliphatic rings. The van der Waals surface area contributed by atoms with E-state index in [-0.39, 0.29) is 0 Å². The minimum atomic E-state index is -4.20. The molecule has 0 saturated heterocycles. The first-order valence-electron chi connectivity index (χ1n) is 4.80. The molecular weight excluding hydrogens is 205 g/mol. The zero-order valence-electron chi connectivity index (χ0n) is 7.96. The van der Waals surface area contributed by atoms with E-state index in [0.717, 1.165) is 5.56 Å². The van der Waals surface area contributed by atoms with Gasteiger partial charge >= 0.3 is 6.18 Å². The van der Waals surface area contributed by atoms with Crippen molar-refractivity contribution >= 4 is 0 Å². The van der Waals surface area contributed by atoms with Crippen LogP contribution in [0.1, 0.15) is 23.7 Å². The van der Waals surface area contributed by atoms with E-state index in [1.54, 1.807) is 24.3 Å². The highest BCUT2D eigenvalue weighted by Gasteiger charge is 2.39. The summed E-state index contributed by atoms with van der Waals surface area (Å²) in [7, 11) is 0. The molecule has 1 nitrogen and oxygen atoms in total. The van der Waals surface area contributed by atoms with Crippen LogP contribution < -0.4 is 0 Å². The van der Waals surface area contributed by atoms with Gasteiger partial charge in [-0.1, -0.05) is 24.3 Å². The number of halogens is 3. The first-order chi connectivity index (χ1) is 6.97. The molecule has 2 atom stereocenters. The van der Waals surface area contributed by atoms with Crippen LogP contribution in [0.4, 0.5) is 13.2 Å². The Bertz CT molecular complexity index is 359. The maximum Gasteiger partial charge on any atom is 0.389 e. The van der Waals surface area contributed by atoms with Crippen LogP contribution in [-0.4, -0.2) is 11.3 Å². The Morgan fingerprint density at radius 3 is 2.53 bits per heavy atom. The van der Waals surface area contributed by atoms with Crippen molar-refractivity contribution in [3.63, 3.8) is 0 Å². The van der Waals surface area contributed by atoms with E-state index in [9.17, 15) is 18.3 Å². The molecule has 1 N–H and O–H groups in total. The summed E-state index contributed by atoms with van der Waals surface area (Å²) >= 11 is 0. The van der Waals surface area contributed by atoms with Gasteiger partial charge < -0.3 is 5.11 Å². The molecule has 0 radical (unpaired) electrons. The quantitative estimate of drug-likeness (QED) is 0.765. The highest BCUT2D eigenvalue weighted by Crippen LogP contribution is 2.41. The molecule has 15 heavy (non-hydrogen) atoms. The molecule has 0 spiro atoms. The molecule has 0 bridgehead atoms. The number of rotatable bonds is 1. The van der Waals surface area contributed by atoms with Gasteiger partial charge in [-0.15, -0.1) is 0 Å². The number of fused-ring (bicyclic) bond motifs is 1. The molecule has 1 aromatic carbocycles. The van der Waals surface area contributed by atoms with Crippen LogP contribution in [-0.2, 0) is 6.42 Å². The van der Waals surface area contributed by atoms with Crippen LogP contribution in [0.3, 0.4) is 0 Å². The number of benzene rings is 1. The fourth-order valence-electron chi connectivity index (χ4n) is 2.14. The number of aliphatic hydroxyl groups is 1. The van der Waals surface area contributed by atoms with Gasteiger partial charge in [-0.2, -0.15) is 13.2 Å². The molecule has 1 aromatic rings. The molecule has 1 aliphatic carbocycles. The van der Waals surface area contributed by atoms with Crippen molar-refractivity contribution in [1.29, 1.82) is 0 Å². The SMILES string of the molecule is OC1c2ccccc2CC1CC(F)(F)F. The molecule has 0 fully saturated rings. The van der Waals surface area contributed by atoms with Gasteiger partial charge in [-0.3, -0.25) is 0 Å². The lowest BCUT2D eigenvalue weighted by atomic mass is 9.99. The second-order valence-electron chi connectivity index (χ2n) is 3.93. The Morgan fingerprint density at radius 1 is 1.27 bits per heavy atom. The van der Waals surface area contributed by atoms with Crippen molar-refractivity contribution in [2.75, 3.05) is 0 Å². The average molecular weight is 216 g/mol. The van der Waals surface area contributed by atoms with E-state index in [1.165, 1.54) is 0 Å². The Hall–Kier alpha value is -1.03. The minimum absolute atomic E-state index is 0.316. The second kappa shape index (κ2) is 3.52. The first-order valence-corrected chi connectivity index (χ1v) is 4.80. The molecule has 0 heterocycles. The highest BCUT2D eigenvalue weighted by molar-refractivity contribution is 5.34. The lowest BCUT2D eigenvalue weighted by molar-refractivity contribution is -0.151. The van der Waals surface area contributed by atoms with E-state index in [4.69, 9.17) is 0 Å². The summed E-state index contributed by atoms with van der Waals surface area (Å²) in [6.45, 7) is 0. The van der Waals surface area contributed by atoms with E-state index in [2.05, 4.69) is 0 Å². The van der Waals surface area contributed by atoms with Gasteiger partial charge in [0.1, 0.15) is 0 Å². The molecular formula is C11H11F3O. The van der Waals surface area contributed by atoms with E-state index in [1.807, 2.05) is 0 Å². The topological polar surface area (TPSA) is 20.2 Å². The lowest BCUT2D eigenvalue weighted by Gasteiger charge is -2.16. The number of aliphatic hydroxyl groups excluding tert-OH is 1. The van der Waals surface area contributed by atoms with Crippen molar-refractivity contribution in [2.24, 2.45) is 5.92 Å². The van der Waals surface area contributed by atoms with Crippen molar-refractivity contribution in [2.45, 2.75) is 25.1 Å². The number of hydrogen-bond donors (Lipinski definition) is 1. The van der Waals surface area contributed by atoms with Gasteiger partial charge in [0.25, 0.3) is 0 Å². The minimum Gasteiger partial charge on any atom is -0.388 e. The molecule has 0 aliphatic heterocycles. The van der Waals surface area contributed by atoms with Gasteiger partial charge in [0, 0.05) is 12.3 Å². The van der Waals surface area contributed by atoms with Crippen LogP contribution in [0.25, 0.3) is 0 Å². The van der Waals surface area contributed by atoms with Crippen molar-refractivity contribution < 1.29 is 18.3 Å². The predicted molar refractivity (Wildman–Crippen MR) is 49.3 cm³/mol. The van der Waals surface area contributed by atoms with Gasteiger partial charge in [-0.05, 0) is 17.5 Å². The van der Waals surface area contributed by atoms with E-state index >= 15 is 0 Å². The van der Waals surface area contributed by atoms with Crippen molar-refractivity contribution in [3.05, 3.63) is 35.4 Å². The van der Waals surface area contributed by atoms with Crippen LogP contribution in [0, 0.1) is 5.92 Å². The Balaban J connectivity index is 2.17. The summed E-state index contributed by atoms with van der Waals surface area (Å²) in [6, 6.07) is 6.98. The van der Waals surface area contributed by atoms with Gasteiger partial charge in [-0.25, -0.2) is 0 Å². The predicted octanol–water partition coefficient (Wildman–Crippen LogP) is 2.84. The van der Waals surface area contributed by atoms with Crippen LogP contribution in [0.2, 0.25) is 0 Å². The average Bonchev–Trinajstić information content (AvgIpc) is 2.42. The largest absolute Gasteiger partial charge is 0.389 e. The number of hydrogen-bond acceptors (Lipinski definition) is 1. The fourth-order valence-corrected chi connectivity index (χ4v) is 2.14. The molecule has 0 saturated carbocycles. The van der Waals surface area contributed by atoms with Crippen LogP contribution >= 0.6 is 0 Å². The van der Waals surface area contributed by atoms with Gasteiger partial charge in [0.05, 0.1) is 6.10 Å². The molecule has 4 heteroatoms. The second-order valence-corrected chi connectivity index (χ2v) is 3.93. The smallest absolute Gasteiger partial charge is 0.388 e. The summed E-state index contributed by atoms with van der Waals surface area (Å²) in [5.74, 6) is -0.720. The molecule has 2 rings (SSSR count). The van der Waals surface area contributed by atoms with Crippen molar-refractivity contribution in [1.82, 2.24) is 0 Å². The van der Waals surface area contributed by atoms with Crippen molar-refractivity contribution in [3.8, 4) is 0 Å². The van der Waals surface area contributed by atoms with E-state index < -0.39 is 24.6 Å².